The third kappa shape index (κ3) is 12.0. The van der Waals surface area contributed by atoms with Crippen LogP contribution < -0.4 is 21.3 Å². The molecule has 4 aromatic rings. The van der Waals surface area contributed by atoms with Gasteiger partial charge >= 0.3 is 48.7 Å². The number of phosphoric ester groups is 1. The Bertz CT molecular complexity index is 2430. The van der Waals surface area contributed by atoms with Gasteiger partial charge in [-0.3, -0.25) is 23.4 Å². The maximum atomic E-state index is 13.3. The van der Waals surface area contributed by atoms with Crippen molar-refractivity contribution < 1.29 is 83.8 Å². The van der Waals surface area contributed by atoms with E-state index in [4.69, 9.17) is 23.5 Å². The number of carbonyl (C=O) groups excluding carboxylic acids is 2. The fourth-order valence-corrected chi connectivity index (χ4v) is 10.9. The summed E-state index contributed by atoms with van der Waals surface area (Å²) in [6, 6.07) is 19.0. The summed E-state index contributed by atoms with van der Waals surface area (Å²) in [4.78, 5) is 94.7. The van der Waals surface area contributed by atoms with E-state index in [-0.39, 0.29) is 27.1 Å². The Kier molecular flexibility index (Phi) is 14.7. The summed E-state index contributed by atoms with van der Waals surface area (Å²) >= 11 is 1.59. The van der Waals surface area contributed by atoms with Crippen molar-refractivity contribution in [3.05, 3.63) is 127 Å². The number of nitrogens with zero attached hydrogens (tertiary/aromatic N) is 1. The largest absolute Gasteiger partial charge is 0.494 e. The smallest absolute Gasteiger partial charge is 0.490 e. The van der Waals surface area contributed by atoms with Crippen LogP contribution in [-0.4, -0.2) is 72.6 Å². The average Bonchev–Trinajstić information content (AvgIpc) is 3.47. The molecule has 0 aliphatic carbocycles. The molecular formula is C31H31IN2O20P4. The second-order valence-electron chi connectivity index (χ2n) is 11.6. The van der Waals surface area contributed by atoms with Crippen LogP contribution in [0.15, 0.2) is 101 Å². The van der Waals surface area contributed by atoms with Gasteiger partial charge in [-0.1, -0.05) is 36.4 Å². The summed E-state index contributed by atoms with van der Waals surface area (Å²) in [5.41, 5.74) is -1.93. The second kappa shape index (κ2) is 18.7. The maximum absolute atomic E-state index is 13.3. The van der Waals surface area contributed by atoms with Gasteiger partial charge in [0, 0.05) is 6.20 Å². The molecule has 5 rings (SSSR count). The van der Waals surface area contributed by atoms with Gasteiger partial charge < -0.3 is 38.5 Å². The summed E-state index contributed by atoms with van der Waals surface area (Å²) in [6.07, 6.45) is -6.12. The van der Waals surface area contributed by atoms with Gasteiger partial charge in [-0.05, 0) is 78.0 Å². The van der Waals surface area contributed by atoms with Gasteiger partial charge in [0.05, 0.1) is 33.2 Å². The third-order valence-corrected chi connectivity index (χ3v) is 14.7. The van der Waals surface area contributed by atoms with Crippen molar-refractivity contribution in [1.82, 2.24) is 9.55 Å². The van der Waals surface area contributed by atoms with Crippen LogP contribution in [0.2, 0.25) is 0 Å². The average molecular weight is 1000 g/mol. The number of esters is 2. The molecule has 8 atom stereocenters. The Hall–Kier alpha value is -3.63. The first-order valence-corrected chi connectivity index (χ1v) is 23.3. The Morgan fingerprint density at radius 1 is 0.759 bits per heavy atom. The highest BCUT2D eigenvalue weighted by atomic mass is 127. The quantitative estimate of drug-likeness (QED) is 0.0571. The number of H-pyrrole nitrogens is 1. The second-order valence-corrected chi connectivity index (χ2v) is 19.3. The lowest BCUT2D eigenvalue weighted by Gasteiger charge is -2.25. The predicted molar refractivity (Wildman–Crippen MR) is 205 cm³/mol. The molecule has 58 heavy (non-hydrogen) atoms. The van der Waals surface area contributed by atoms with E-state index in [1.807, 2.05) is 4.98 Å². The van der Waals surface area contributed by atoms with E-state index in [2.05, 4.69) is 12.9 Å². The molecule has 6 unspecified atom stereocenters. The summed E-state index contributed by atoms with van der Waals surface area (Å²) in [5.74, 6) is -1.82. The van der Waals surface area contributed by atoms with Crippen LogP contribution in [0.4, 0.5) is 0 Å². The molecule has 312 valence electrons. The first-order valence-electron chi connectivity index (χ1n) is 16.2. The van der Waals surface area contributed by atoms with Crippen molar-refractivity contribution >= 4 is 70.9 Å². The van der Waals surface area contributed by atoms with Crippen molar-refractivity contribution in [1.29, 1.82) is 0 Å². The van der Waals surface area contributed by atoms with Gasteiger partial charge in [-0.15, -0.1) is 0 Å². The Morgan fingerprint density at radius 2 is 1.28 bits per heavy atom. The van der Waals surface area contributed by atoms with Crippen LogP contribution in [0.1, 0.15) is 33.9 Å². The van der Waals surface area contributed by atoms with Gasteiger partial charge in [0.15, 0.2) is 18.4 Å². The van der Waals surface area contributed by atoms with Gasteiger partial charge in [-0.25, -0.2) is 32.4 Å². The van der Waals surface area contributed by atoms with Gasteiger partial charge in [-0.2, -0.15) is 8.62 Å². The fraction of sp³-hybridized carbons (Fsp3) is 0.226. The molecule has 2 heterocycles. The normalized spacial score (nSPS) is 22.0. The number of hydrogen-bond donors (Lipinski definition) is 5. The molecule has 5 N–H and O–H groups in total. The predicted octanol–water partition coefficient (Wildman–Crippen LogP) is 3.77. The number of nitrogens with one attached hydrogen (secondary N) is 1. The Morgan fingerprint density at radius 3 is 1.83 bits per heavy atom. The van der Waals surface area contributed by atoms with Crippen LogP contribution in [0.25, 0.3) is 0 Å². The van der Waals surface area contributed by atoms with Crippen molar-refractivity contribution in [2.45, 2.75) is 31.5 Å². The van der Waals surface area contributed by atoms with Gasteiger partial charge in [0.1, 0.15) is 11.9 Å². The lowest BCUT2D eigenvalue weighted by Crippen LogP contribution is -2.43. The summed E-state index contributed by atoms with van der Waals surface area (Å²) in [5, 5.41) is -0.581. The highest BCUT2D eigenvalue weighted by Gasteiger charge is 2.53. The van der Waals surface area contributed by atoms with Crippen LogP contribution in [0.3, 0.4) is 0 Å². The molecule has 0 saturated carbocycles. The van der Waals surface area contributed by atoms with E-state index in [0.29, 0.717) is 0 Å². The third-order valence-electron chi connectivity index (χ3n) is 7.49. The zero-order valence-electron chi connectivity index (χ0n) is 29.3. The lowest BCUT2D eigenvalue weighted by atomic mass is 10.1. The molecule has 0 bridgehead atoms. The van der Waals surface area contributed by atoms with Crippen molar-refractivity contribution in [2.75, 3.05) is 13.2 Å². The molecule has 0 radical (unpaired) electrons. The lowest BCUT2D eigenvalue weighted by molar-refractivity contribution is -0.0598. The van der Waals surface area contributed by atoms with Crippen LogP contribution in [0.5, 0.6) is 5.75 Å². The molecular weight excluding hydrogens is 971 g/mol. The van der Waals surface area contributed by atoms with E-state index < -0.39 is 90.7 Å². The molecule has 0 amide bonds. The SMILES string of the molecule is CCOc1ccc(P(=O)(O)OP(=O)(O)OP(=O)(O)OP(=O)(O)OC[C@H]2O[C@@H](n3cc(I)c(=O)[nH]c3=O)C(OC(=O)c3ccccc3)C2OC(=O)c2ccccc2)cc1. The first-order chi connectivity index (χ1) is 27.2. The minimum Gasteiger partial charge on any atom is -0.494 e. The molecule has 27 heteroatoms. The molecule has 1 aliphatic heterocycles. The summed E-state index contributed by atoms with van der Waals surface area (Å²) < 4.78 is 91.1. The minimum absolute atomic E-state index is 0.00776. The molecule has 1 saturated heterocycles. The van der Waals surface area contributed by atoms with E-state index in [1.165, 1.54) is 60.7 Å². The standard InChI is InChI=1S/C31H31IN2O20P4/c1-2-47-21-13-15-22(16-14-21)55(39,40)52-57(43,44)54-58(45,46)53-56(41,42)48-18-24-25(50-29(36)19-9-5-3-6-10-19)26(51-30(37)20-11-7-4-8-12-20)28(49-24)34-17-23(32)27(35)33-31(34)38/h3-17,24-26,28H,2,18H2,1H3,(H,39,40)(H,41,42)(H,43,44)(H,45,46)(H,33,35,38)/t24-,25?,26?,28-/m1/s1. The van der Waals surface area contributed by atoms with Gasteiger partial charge in [0.25, 0.3) is 5.56 Å². The number of hydrogen-bond acceptors (Lipinski definition) is 16. The molecule has 22 nitrogen and oxygen atoms in total. The Labute approximate surface area is 340 Å². The zero-order valence-corrected chi connectivity index (χ0v) is 35.1. The molecule has 1 fully saturated rings. The van der Waals surface area contributed by atoms with Crippen molar-refractivity contribution in [3.63, 3.8) is 0 Å². The number of carbonyl (C=O) groups is 2. The van der Waals surface area contributed by atoms with Crippen LogP contribution >= 0.6 is 53.7 Å². The van der Waals surface area contributed by atoms with Crippen LogP contribution in [-0.2, 0) is 49.9 Å². The number of phosphoric acid groups is 3. The number of aromatic amines is 1. The topological polar surface area (TPSA) is 312 Å². The highest BCUT2D eigenvalue weighted by Crippen LogP contribution is 2.71. The Balaban J connectivity index is 1.39. The molecule has 3 aromatic carbocycles. The van der Waals surface area contributed by atoms with E-state index >= 15 is 0 Å². The van der Waals surface area contributed by atoms with E-state index in [0.717, 1.165) is 22.9 Å². The number of rotatable bonds is 17. The van der Waals surface area contributed by atoms with Gasteiger partial charge in [0.2, 0.25) is 0 Å². The fourth-order valence-electron chi connectivity index (χ4n) is 5.08. The van der Waals surface area contributed by atoms with E-state index in [9.17, 15) is 57.0 Å². The zero-order chi connectivity index (χ0) is 42.5. The monoisotopic (exact) mass is 1000 g/mol. The maximum Gasteiger partial charge on any atom is 0.490 e. The molecule has 1 aromatic heterocycles. The highest BCUT2D eigenvalue weighted by molar-refractivity contribution is 14.1. The number of benzene rings is 3. The summed E-state index contributed by atoms with van der Waals surface area (Å²) in [6.45, 7) is 0.678. The van der Waals surface area contributed by atoms with Crippen molar-refractivity contribution in [3.8, 4) is 5.75 Å². The minimum atomic E-state index is -6.22. The molecule has 1 aliphatic rings. The first kappa shape index (κ1) is 45.5. The van der Waals surface area contributed by atoms with Crippen LogP contribution in [0, 0.1) is 3.57 Å². The van der Waals surface area contributed by atoms with E-state index in [1.54, 1.807) is 41.6 Å². The summed E-state index contributed by atoms with van der Waals surface area (Å²) in [7, 11) is -23.5. The molecule has 0 spiro atoms. The van der Waals surface area contributed by atoms with Crippen molar-refractivity contribution in [2.24, 2.45) is 0 Å². The number of halogens is 1. The number of ether oxygens (including phenoxy) is 4. The number of aromatic nitrogens is 2.